The molecule has 2 amide bonds. The lowest BCUT2D eigenvalue weighted by atomic mass is 9.98. The van der Waals surface area contributed by atoms with E-state index in [1.807, 2.05) is 72.0 Å². The molecule has 1 fully saturated rings. The number of anilines is 1. The molecule has 2 aromatic carbocycles. The van der Waals surface area contributed by atoms with E-state index < -0.39 is 0 Å². The molecule has 1 saturated heterocycles. The summed E-state index contributed by atoms with van der Waals surface area (Å²) < 4.78 is 7.20. The van der Waals surface area contributed by atoms with Gasteiger partial charge >= 0.3 is 0 Å². The fourth-order valence-electron chi connectivity index (χ4n) is 4.39. The summed E-state index contributed by atoms with van der Waals surface area (Å²) in [5.41, 5.74) is 2.93. The standard InChI is InChI=1S/C25H27N5O3/c1-17(2)30-16-26-23(27-30)21-15-29(25(32)18-6-4-3-5-7-18)22-9-8-19(14-20(21)22)24(31)28-10-12-33-13-11-28/h3-9,14,16-17,21H,10-13,15H2,1-2H3. The molecule has 1 atom stereocenters. The average Bonchev–Trinajstić information content (AvgIpc) is 3.49. The van der Waals surface area contributed by atoms with Crippen molar-refractivity contribution in [3.05, 3.63) is 77.4 Å². The monoisotopic (exact) mass is 445 g/mol. The molecule has 8 nitrogen and oxygen atoms in total. The van der Waals surface area contributed by atoms with Gasteiger partial charge in [-0.25, -0.2) is 4.98 Å². The maximum absolute atomic E-state index is 13.4. The van der Waals surface area contributed by atoms with Crippen LogP contribution in [0.1, 0.15) is 57.9 Å². The second-order valence-corrected chi connectivity index (χ2v) is 8.69. The Morgan fingerprint density at radius 1 is 1.00 bits per heavy atom. The van der Waals surface area contributed by atoms with Gasteiger partial charge in [-0.15, -0.1) is 0 Å². The van der Waals surface area contributed by atoms with Crippen molar-refractivity contribution in [3.8, 4) is 0 Å². The number of rotatable bonds is 4. The largest absolute Gasteiger partial charge is 0.378 e. The van der Waals surface area contributed by atoms with Gasteiger partial charge in [0, 0.05) is 42.5 Å². The molecule has 0 aliphatic carbocycles. The summed E-state index contributed by atoms with van der Waals surface area (Å²) in [4.78, 5) is 34.6. The molecule has 33 heavy (non-hydrogen) atoms. The lowest BCUT2D eigenvalue weighted by Gasteiger charge is -2.27. The van der Waals surface area contributed by atoms with Crippen LogP contribution in [-0.4, -0.2) is 64.3 Å². The minimum absolute atomic E-state index is 0.0200. The summed E-state index contributed by atoms with van der Waals surface area (Å²) in [6.07, 6.45) is 1.73. The first kappa shape index (κ1) is 21.3. The van der Waals surface area contributed by atoms with E-state index in [2.05, 4.69) is 10.1 Å². The number of carbonyl (C=O) groups excluding carboxylic acids is 2. The Morgan fingerprint density at radius 3 is 2.45 bits per heavy atom. The Morgan fingerprint density at radius 2 is 1.76 bits per heavy atom. The van der Waals surface area contributed by atoms with Crippen LogP contribution in [0.4, 0.5) is 5.69 Å². The van der Waals surface area contributed by atoms with E-state index in [-0.39, 0.29) is 23.8 Å². The molecule has 3 heterocycles. The Hall–Kier alpha value is -3.52. The number of benzene rings is 2. The van der Waals surface area contributed by atoms with E-state index in [4.69, 9.17) is 4.74 Å². The minimum Gasteiger partial charge on any atom is -0.378 e. The molecule has 1 unspecified atom stereocenters. The maximum atomic E-state index is 13.4. The molecule has 2 aliphatic heterocycles. The van der Waals surface area contributed by atoms with Crippen molar-refractivity contribution in [2.24, 2.45) is 0 Å². The van der Waals surface area contributed by atoms with Crippen molar-refractivity contribution >= 4 is 17.5 Å². The van der Waals surface area contributed by atoms with Crippen molar-refractivity contribution in [3.63, 3.8) is 0 Å². The number of hydrogen-bond acceptors (Lipinski definition) is 5. The Labute approximate surface area is 192 Å². The molecular weight excluding hydrogens is 418 g/mol. The van der Waals surface area contributed by atoms with Gasteiger partial charge < -0.3 is 14.5 Å². The highest BCUT2D eigenvalue weighted by Gasteiger charge is 2.37. The Kier molecular flexibility index (Phi) is 5.68. The molecule has 1 aromatic heterocycles. The number of amides is 2. The van der Waals surface area contributed by atoms with Gasteiger partial charge in [-0.2, -0.15) is 5.10 Å². The van der Waals surface area contributed by atoms with Gasteiger partial charge in [0.25, 0.3) is 11.8 Å². The lowest BCUT2D eigenvalue weighted by molar-refractivity contribution is 0.0303. The van der Waals surface area contributed by atoms with E-state index in [9.17, 15) is 9.59 Å². The van der Waals surface area contributed by atoms with Crippen molar-refractivity contribution < 1.29 is 14.3 Å². The molecule has 3 aromatic rings. The summed E-state index contributed by atoms with van der Waals surface area (Å²) >= 11 is 0. The molecule has 170 valence electrons. The normalized spacial score (nSPS) is 18.0. The van der Waals surface area contributed by atoms with E-state index in [1.54, 1.807) is 11.2 Å². The lowest BCUT2D eigenvalue weighted by Crippen LogP contribution is -2.40. The van der Waals surface area contributed by atoms with Gasteiger partial charge in [0.05, 0.1) is 19.1 Å². The smallest absolute Gasteiger partial charge is 0.258 e. The van der Waals surface area contributed by atoms with Crippen LogP contribution < -0.4 is 4.90 Å². The third-order valence-electron chi connectivity index (χ3n) is 6.24. The molecule has 0 radical (unpaired) electrons. The molecular formula is C25H27N5O3. The Balaban J connectivity index is 1.53. The highest BCUT2D eigenvalue weighted by Crippen LogP contribution is 2.40. The number of hydrogen-bond donors (Lipinski definition) is 0. The average molecular weight is 446 g/mol. The maximum Gasteiger partial charge on any atom is 0.258 e. The van der Waals surface area contributed by atoms with Crippen LogP contribution in [0.5, 0.6) is 0 Å². The SMILES string of the molecule is CC(C)n1cnc(C2CN(C(=O)c3ccccc3)c3ccc(C(=O)N4CCOCC4)cc32)n1. The summed E-state index contributed by atoms with van der Waals surface area (Å²) in [6.45, 7) is 6.79. The van der Waals surface area contributed by atoms with Crippen LogP contribution in [0.25, 0.3) is 0 Å². The van der Waals surface area contributed by atoms with Gasteiger partial charge in [0.15, 0.2) is 5.82 Å². The zero-order valence-electron chi connectivity index (χ0n) is 18.8. The van der Waals surface area contributed by atoms with Crippen LogP contribution in [-0.2, 0) is 4.74 Å². The van der Waals surface area contributed by atoms with Gasteiger partial charge in [-0.3, -0.25) is 14.3 Å². The van der Waals surface area contributed by atoms with Crippen molar-refractivity contribution in [1.82, 2.24) is 19.7 Å². The molecule has 0 bridgehead atoms. The molecule has 0 saturated carbocycles. The summed E-state index contributed by atoms with van der Waals surface area (Å²) in [5.74, 6) is 0.359. The van der Waals surface area contributed by atoms with E-state index in [1.165, 1.54) is 0 Å². The fourth-order valence-corrected chi connectivity index (χ4v) is 4.39. The van der Waals surface area contributed by atoms with Crippen LogP contribution in [0, 0.1) is 0 Å². The fraction of sp³-hybridized carbons (Fsp3) is 0.360. The van der Waals surface area contributed by atoms with Gasteiger partial charge in [0.2, 0.25) is 0 Å². The molecule has 0 N–H and O–H groups in total. The third kappa shape index (κ3) is 4.02. The number of fused-ring (bicyclic) bond motifs is 1. The van der Waals surface area contributed by atoms with Crippen LogP contribution in [0.15, 0.2) is 54.9 Å². The van der Waals surface area contributed by atoms with Crippen molar-refractivity contribution in [2.45, 2.75) is 25.8 Å². The van der Waals surface area contributed by atoms with Crippen molar-refractivity contribution in [2.75, 3.05) is 37.7 Å². The topological polar surface area (TPSA) is 80.6 Å². The van der Waals surface area contributed by atoms with Gasteiger partial charge in [0.1, 0.15) is 6.33 Å². The quantitative estimate of drug-likeness (QED) is 0.616. The highest BCUT2D eigenvalue weighted by atomic mass is 16.5. The molecule has 0 spiro atoms. The second-order valence-electron chi connectivity index (χ2n) is 8.69. The van der Waals surface area contributed by atoms with Crippen LogP contribution in [0.3, 0.4) is 0 Å². The zero-order valence-corrected chi connectivity index (χ0v) is 18.8. The number of nitrogens with zero attached hydrogens (tertiary/aromatic N) is 5. The first-order valence-corrected chi connectivity index (χ1v) is 11.3. The number of morpholine rings is 1. The summed E-state index contributed by atoms with van der Waals surface area (Å²) in [7, 11) is 0. The van der Waals surface area contributed by atoms with Gasteiger partial charge in [-0.1, -0.05) is 18.2 Å². The minimum atomic E-state index is -0.204. The predicted molar refractivity (Wildman–Crippen MR) is 124 cm³/mol. The highest BCUT2D eigenvalue weighted by molar-refractivity contribution is 6.08. The Bertz CT molecular complexity index is 1170. The third-order valence-corrected chi connectivity index (χ3v) is 6.24. The van der Waals surface area contributed by atoms with E-state index >= 15 is 0 Å². The molecule has 8 heteroatoms. The molecule has 5 rings (SSSR count). The van der Waals surface area contributed by atoms with Gasteiger partial charge in [-0.05, 0) is 49.7 Å². The zero-order chi connectivity index (χ0) is 22.9. The van der Waals surface area contributed by atoms with Crippen molar-refractivity contribution in [1.29, 1.82) is 0 Å². The predicted octanol–water partition coefficient (Wildman–Crippen LogP) is 3.12. The van der Waals surface area contributed by atoms with Crippen LogP contribution in [0.2, 0.25) is 0 Å². The summed E-state index contributed by atoms with van der Waals surface area (Å²) in [5, 5.41) is 4.68. The number of aromatic nitrogens is 3. The number of carbonyl (C=O) groups is 2. The second kappa shape index (κ2) is 8.78. The first-order valence-electron chi connectivity index (χ1n) is 11.3. The van der Waals surface area contributed by atoms with E-state index in [0.29, 0.717) is 49.8 Å². The summed E-state index contributed by atoms with van der Waals surface area (Å²) in [6, 6.07) is 15.0. The van der Waals surface area contributed by atoms with Crippen LogP contribution >= 0.6 is 0 Å². The first-order chi connectivity index (χ1) is 16.0. The molecule has 2 aliphatic rings. The number of ether oxygens (including phenoxy) is 1. The van der Waals surface area contributed by atoms with E-state index in [0.717, 1.165) is 11.3 Å².